The molecule has 1 unspecified atom stereocenters. The van der Waals surface area contributed by atoms with Crippen LogP contribution >= 0.6 is 0 Å². The van der Waals surface area contributed by atoms with E-state index in [9.17, 15) is 9.59 Å². The lowest BCUT2D eigenvalue weighted by Crippen LogP contribution is -2.39. The van der Waals surface area contributed by atoms with E-state index in [0.717, 1.165) is 75.5 Å². The van der Waals surface area contributed by atoms with Gasteiger partial charge < -0.3 is 20.3 Å². The Bertz CT molecular complexity index is 1030. The lowest BCUT2D eigenvalue weighted by atomic mass is 9.82. The van der Waals surface area contributed by atoms with E-state index in [0.29, 0.717) is 25.2 Å². The van der Waals surface area contributed by atoms with Crippen molar-refractivity contribution in [1.82, 2.24) is 9.88 Å². The normalized spacial score (nSPS) is 16.6. The van der Waals surface area contributed by atoms with Gasteiger partial charge in [0.25, 0.3) is 0 Å². The van der Waals surface area contributed by atoms with E-state index in [4.69, 9.17) is 9.72 Å². The minimum absolute atomic E-state index is 0.118. The molecule has 2 aromatic rings. The van der Waals surface area contributed by atoms with E-state index in [1.807, 2.05) is 11.0 Å². The number of ether oxygens (including phenoxy) is 1. The number of rotatable bonds is 10. The number of esters is 1. The Balaban J connectivity index is 1.29. The van der Waals surface area contributed by atoms with E-state index in [1.165, 1.54) is 18.2 Å². The topological polar surface area (TPSA) is 83.6 Å². The number of carbonyl (C=O) groups is 2. The van der Waals surface area contributed by atoms with Crippen LogP contribution in [0, 0.1) is 5.92 Å². The first-order chi connectivity index (χ1) is 17.6. The van der Waals surface area contributed by atoms with Crippen LogP contribution in [0.3, 0.4) is 0 Å². The summed E-state index contributed by atoms with van der Waals surface area (Å²) in [6.45, 7) is 5.47. The Morgan fingerprint density at radius 2 is 2.06 bits per heavy atom. The van der Waals surface area contributed by atoms with Crippen LogP contribution in [-0.2, 0) is 27.2 Å². The molecule has 1 aromatic heterocycles. The van der Waals surface area contributed by atoms with Crippen LogP contribution in [-0.4, -0.2) is 55.0 Å². The smallest absolute Gasteiger partial charge is 0.306 e. The van der Waals surface area contributed by atoms with E-state index < -0.39 is 0 Å². The van der Waals surface area contributed by atoms with Crippen molar-refractivity contribution in [3.05, 3.63) is 53.2 Å². The molecule has 36 heavy (non-hydrogen) atoms. The number of aromatic nitrogens is 1. The molecule has 0 spiro atoms. The molecule has 1 amide bonds. The first-order valence-corrected chi connectivity index (χ1v) is 13.5. The van der Waals surface area contributed by atoms with Gasteiger partial charge in [0.1, 0.15) is 5.82 Å². The Morgan fingerprint density at radius 1 is 1.22 bits per heavy atom. The first-order valence-electron chi connectivity index (χ1n) is 13.5. The lowest BCUT2D eigenvalue weighted by molar-refractivity contribution is -0.141. The molecular weight excluding hydrogens is 452 g/mol. The zero-order valence-electron chi connectivity index (χ0n) is 21.7. The molecule has 7 heteroatoms. The van der Waals surface area contributed by atoms with Crippen molar-refractivity contribution in [2.45, 2.75) is 64.2 Å². The fourth-order valence-corrected chi connectivity index (χ4v) is 5.45. The van der Waals surface area contributed by atoms with Crippen LogP contribution in [0.4, 0.5) is 11.5 Å². The van der Waals surface area contributed by atoms with Crippen LogP contribution in [0.1, 0.15) is 68.2 Å². The third-order valence-electron chi connectivity index (χ3n) is 7.51. The molecule has 7 nitrogen and oxygen atoms in total. The number of benzene rings is 1. The van der Waals surface area contributed by atoms with Gasteiger partial charge in [-0.25, -0.2) is 4.98 Å². The molecule has 1 aromatic carbocycles. The highest BCUT2D eigenvalue weighted by Gasteiger charge is 2.27. The molecule has 194 valence electrons. The highest BCUT2D eigenvalue weighted by atomic mass is 16.5. The number of likely N-dealkylation sites (tertiary alicyclic amines) is 1. The molecule has 0 aliphatic carbocycles. The maximum Gasteiger partial charge on any atom is 0.306 e. The Labute approximate surface area is 215 Å². The molecule has 4 rings (SSSR count). The predicted molar refractivity (Wildman–Crippen MR) is 143 cm³/mol. The van der Waals surface area contributed by atoms with Gasteiger partial charge >= 0.3 is 5.97 Å². The molecule has 0 saturated carbocycles. The predicted octanol–water partition coefficient (Wildman–Crippen LogP) is 4.78. The van der Waals surface area contributed by atoms with Crippen LogP contribution in [0.25, 0.3) is 0 Å². The summed E-state index contributed by atoms with van der Waals surface area (Å²) >= 11 is 0. The van der Waals surface area contributed by atoms with E-state index in [1.54, 1.807) is 0 Å². The van der Waals surface area contributed by atoms with Crippen molar-refractivity contribution in [3.63, 3.8) is 0 Å². The molecule has 0 bridgehead atoms. The molecule has 3 heterocycles. The molecule has 1 fully saturated rings. The van der Waals surface area contributed by atoms with Gasteiger partial charge in [-0.05, 0) is 86.6 Å². The van der Waals surface area contributed by atoms with Gasteiger partial charge in [0.2, 0.25) is 5.91 Å². The van der Waals surface area contributed by atoms with E-state index >= 15 is 0 Å². The largest absolute Gasteiger partial charge is 0.469 e. The summed E-state index contributed by atoms with van der Waals surface area (Å²) < 4.78 is 5.00. The monoisotopic (exact) mass is 492 g/mol. The second-order valence-electron chi connectivity index (χ2n) is 10.0. The summed E-state index contributed by atoms with van der Waals surface area (Å²) in [6.07, 6.45) is 6.65. The van der Waals surface area contributed by atoms with Gasteiger partial charge in [0.15, 0.2) is 0 Å². The third kappa shape index (κ3) is 6.99. The van der Waals surface area contributed by atoms with Gasteiger partial charge in [0, 0.05) is 44.0 Å². The maximum atomic E-state index is 12.9. The molecule has 1 saturated heterocycles. The molecule has 2 aliphatic heterocycles. The second kappa shape index (κ2) is 12.7. The summed E-state index contributed by atoms with van der Waals surface area (Å²) in [7, 11) is 1.45. The summed E-state index contributed by atoms with van der Waals surface area (Å²) in [6, 6.07) is 12.6. The fraction of sp³-hybridized carbons (Fsp3) is 0.552. The van der Waals surface area contributed by atoms with Gasteiger partial charge in [-0.2, -0.15) is 0 Å². The highest BCUT2D eigenvalue weighted by molar-refractivity contribution is 5.76. The third-order valence-corrected chi connectivity index (χ3v) is 7.51. The second-order valence-corrected chi connectivity index (χ2v) is 10.0. The highest BCUT2D eigenvalue weighted by Crippen LogP contribution is 2.34. The number of anilines is 2. The lowest BCUT2D eigenvalue weighted by Gasteiger charge is -2.34. The number of methoxy groups -OCH3 is 1. The average molecular weight is 493 g/mol. The number of aryl methyl sites for hydroxylation is 2. The number of nitrogens with zero attached hydrogens (tertiary/aromatic N) is 2. The van der Waals surface area contributed by atoms with Crippen molar-refractivity contribution in [3.8, 4) is 0 Å². The summed E-state index contributed by atoms with van der Waals surface area (Å²) in [5.74, 6) is 1.63. The molecule has 1 atom stereocenters. The van der Waals surface area contributed by atoms with Crippen molar-refractivity contribution >= 4 is 23.4 Å². The summed E-state index contributed by atoms with van der Waals surface area (Å²) in [5.41, 5.74) is 4.51. The number of piperidine rings is 1. The number of hydrogen-bond donors (Lipinski definition) is 2. The molecule has 0 radical (unpaired) electrons. The Morgan fingerprint density at radius 3 is 2.83 bits per heavy atom. The van der Waals surface area contributed by atoms with Crippen molar-refractivity contribution in [1.29, 1.82) is 0 Å². The number of nitrogens with one attached hydrogen (secondary N) is 2. The minimum Gasteiger partial charge on any atom is -0.469 e. The van der Waals surface area contributed by atoms with Crippen LogP contribution in [0.2, 0.25) is 0 Å². The van der Waals surface area contributed by atoms with Gasteiger partial charge in [-0.3, -0.25) is 9.59 Å². The van der Waals surface area contributed by atoms with Crippen LogP contribution < -0.4 is 10.6 Å². The SMILES string of the molecule is CCNc1cccc(C(CC(=O)OC)CC2CCN(C(=O)CCc3ccc4c(n3)NCCC4)CC2)c1. The average Bonchev–Trinajstić information content (AvgIpc) is 2.92. The maximum absolute atomic E-state index is 12.9. The Hall–Kier alpha value is -3.09. The van der Waals surface area contributed by atoms with Crippen LogP contribution in [0.15, 0.2) is 36.4 Å². The van der Waals surface area contributed by atoms with Crippen molar-refractivity contribution in [2.75, 3.05) is 43.9 Å². The molecule has 2 aliphatic rings. The van der Waals surface area contributed by atoms with Gasteiger partial charge in [-0.1, -0.05) is 18.2 Å². The van der Waals surface area contributed by atoms with Gasteiger partial charge in [-0.15, -0.1) is 0 Å². The summed E-state index contributed by atoms with van der Waals surface area (Å²) in [5, 5.41) is 6.73. The van der Waals surface area contributed by atoms with E-state index in [2.05, 4.69) is 47.9 Å². The van der Waals surface area contributed by atoms with Crippen LogP contribution in [0.5, 0.6) is 0 Å². The number of hydrogen-bond acceptors (Lipinski definition) is 6. The Kier molecular flexibility index (Phi) is 9.20. The minimum atomic E-state index is -0.174. The zero-order valence-corrected chi connectivity index (χ0v) is 21.7. The number of amides is 1. The molecular formula is C29H40N4O3. The number of carbonyl (C=O) groups excluding carboxylic acids is 2. The summed E-state index contributed by atoms with van der Waals surface area (Å²) in [4.78, 5) is 31.8. The zero-order chi connectivity index (χ0) is 25.3. The van der Waals surface area contributed by atoms with Crippen molar-refractivity contribution < 1.29 is 14.3 Å². The molecule has 2 N–H and O–H groups in total. The quantitative estimate of drug-likeness (QED) is 0.465. The fourth-order valence-electron chi connectivity index (χ4n) is 5.45. The van der Waals surface area contributed by atoms with Crippen molar-refractivity contribution in [2.24, 2.45) is 5.92 Å². The van der Waals surface area contributed by atoms with E-state index in [-0.39, 0.29) is 17.8 Å². The first kappa shape index (κ1) is 26.0. The number of fused-ring (bicyclic) bond motifs is 1. The standard InChI is InChI=1S/C29H40N4O3/c1-3-30-26-8-4-6-23(19-26)24(20-28(35)36-2)18-21-13-16-33(17-14-21)27(34)12-11-25-10-9-22-7-5-15-31-29(22)32-25/h4,6,8-10,19,21,24,30H,3,5,7,11-18,20H2,1-2H3,(H,31,32). The number of pyridine rings is 1. The van der Waals surface area contributed by atoms with Gasteiger partial charge in [0.05, 0.1) is 13.5 Å².